The van der Waals surface area contributed by atoms with Gasteiger partial charge in [0.2, 0.25) is 10.0 Å². The first kappa shape index (κ1) is 28.5. The minimum absolute atomic E-state index is 0.118. The summed E-state index contributed by atoms with van der Waals surface area (Å²) < 4.78 is 36.2. The summed E-state index contributed by atoms with van der Waals surface area (Å²) >= 11 is 1.33. The number of aliphatic hydroxyl groups is 1. The van der Waals surface area contributed by atoms with Gasteiger partial charge in [-0.2, -0.15) is 15.6 Å². The molecule has 0 saturated heterocycles. The molecule has 0 saturated carbocycles. The van der Waals surface area contributed by atoms with E-state index < -0.39 is 22.2 Å². The van der Waals surface area contributed by atoms with Gasteiger partial charge in [-0.25, -0.2) is 8.42 Å². The molecular weight excluding hydrogens is 546 g/mol. The summed E-state index contributed by atoms with van der Waals surface area (Å²) in [5.41, 5.74) is 4.14. The van der Waals surface area contributed by atoms with Crippen LogP contribution in [0.1, 0.15) is 29.9 Å². The fourth-order valence-corrected chi connectivity index (χ4v) is 7.65. The minimum atomic E-state index is -3.69. The van der Waals surface area contributed by atoms with Crippen molar-refractivity contribution in [3.63, 3.8) is 0 Å². The first-order valence-electron chi connectivity index (χ1n) is 13.3. The van der Waals surface area contributed by atoms with Crippen molar-refractivity contribution in [2.24, 2.45) is 13.0 Å². The lowest BCUT2D eigenvalue weighted by Crippen LogP contribution is -2.48. The van der Waals surface area contributed by atoms with Crippen LogP contribution in [0.2, 0.25) is 0 Å². The van der Waals surface area contributed by atoms with Crippen LogP contribution in [-0.2, 0) is 28.4 Å². The van der Waals surface area contributed by atoms with Crippen molar-refractivity contribution in [1.82, 2.24) is 13.8 Å². The Morgan fingerprint density at radius 2 is 1.88 bits per heavy atom. The van der Waals surface area contributed by atoms with Crippen molar-refractivity contribution >= 4 is 38.2 Å². The maximum absolute atomic E-state index is 14.4. The number of carbonyl (C=O) groups is 1. The Labute approximate surface area is 239 Å². The number of ether oxygens (including phenoxy) is 1. The maximum Gasteiger partial charge on any atom is 0.271 e. The molecule has 2 aromatic heterocycles. The van der Waals surface area contributed by atoms with Gasteiger partial charge in [0, 0.05) is 54.9 Å². The normalized spacial score (nSPS) is 19.4. The Morgan fingerprint density at radius 1 is 1.15 bits per heavy atom. The fourth-order valence-electron chi connectivity index (χ4n) is 5.46. The van der Waals surface area contributed by atoms with Crippen LogP contribution in [0.5, 0.6) is 0 Å². The quantitative estimate of drug-likeness (QED) is 0.360. The predicted molar refractivity (Wildman–Crippen MR) is 158 cm³/mol. The predicted octanol–water partition coefficient (Wildman–Crippen LogP) is 4.59. The number of sulfonamides is 1. The lowest BCUT2D eigenvalue weighted by atomic mass is 9.96. The summed E-state index contributed by atoms with van der Waals surface area (Å²) in [6, 6.07) is 17.0. The largest absolute Gasteiger partial charge is 0.394 e. The number of likely N-dealkylation sites (N-methyl/N-ethyl adjacent to an activating group) is 1. The van der Waals surface area contributed by atoms with Crippen LogP contribution < -0.4 is 0 Å². The van der Waals surface area contributed by atoms with Gasteiger partial charge >= 0.3 is 0 Å². The number of carbonyl (C=O) groups excluding carboxylic acids is 1. The highest BCUT2D eigenvalue weighted by Crippen LogP contribution is 2.38. The second kappa shape index (κ2) is 11.5. The second-order valence-corrected chi connectivity index (χ2v) is 13.3. The molecule has 8 nitrogen and oxygen atoms in total. The van der Waals surface area contributed by atoms with Crippen molar-refractivity contribution in [3.8, 4) is 11.1 Å². The van der Waals surface area contributed by atoms with Crippen LogP contribution in [0.4, 0.5) is 0 Å². The number of hydrogen-bond acceptors (Lipinski definition) is 6. The molecule has 4 aromatic rings. The standard InChI is InChI=1S/C30H35N3O5S2/c1-20-15-33(21(2)17-34)30(35)29-28(25-11-7-8-12-26(25)32(29)4)24-10-6-5-9-22(24)18-38-27(20)16-31(3)40(36,37)23-13-14-39-19-23/h5-14,19-21,27,34H,15-18H2,1-4H3/t20-,21-,27+/m0/s1. The Balaban J connectivity index is 1.63. The Bertz CT molecular complexity index is 1610. The van der Waals surface area contributed by atoms with Crippen molar-refractivity contribution in [1.29, 1.82) is 0 Å². The lowest BCUT2D eigenvalue weighted by Gasteiger charge is -2.34. The monoisotopic (exact) mass is 581 g/mol. The fraction of sp³-hybridized carbons (Fsp3) is 0.367. The lowest BCUT2D eigenvalue weighted by molar-refractivity contribution is -0.0147. The minimum Gasteiger partial charge on any atom is -0.394 e. The molecule has 10 heteroatoms. The summed E-state index contributed by atoms with van der Waals surface area (Å²) in [5.74, 6) is -0.418. The summed E-state index contributed by atoms with van der Waals surface area (Å²) in [7, 11) is -0.236. The van der Waals surface area contributed by atoms with Gasteiger partial charge in [-0.05, 0) is 35.6 Å². The first-order chi connectivity index (χ1) is 19.1. The number of aromatic nitrogens is 1. The Hall–Kier alpha value is -3.02. The van der Waals surface area contributed by atoms with E-state index in [-0.39, 0.29) is 43.0 Å². The molecule has 0 fully saturated rings. The molecule has 40 heavy (non-hydrogen) atoms. The molecule has 1 amide bonds. The third-order valence-corrected chi connectivity index (χ3v) is 10.5. The number of rotatable bonds is 6. The van der Waals surface area contributed by atoms with Crippen LogP contribution in [0.3, 0.4) is 0 Å². The molecule has 0 unspecified atom stereocenters. The zero-order valence-corrected chi connectivity index (χ0v) is 24.8. The van der Waals surface area contributed by atoms with E-state index in [4.69, 9.17) is 4.74 Å². The molecule has 2 aromatic carbocycles. The van der Waals surface area contributed by atoms with Gasteiger partial charge < -0.3 is 19.3 Å². The van der Waals surface area contributed by atoms with Crippen LogP contribution in [0, 0.1) is 5.92 Å². The molecule has 0 radical (unpaired) electrons. The van der Waals surface area contributed by atoms with Gasteiger partial charge in [-0.3, -0.25) is 4.79 Å². The number of amides is 1. The summed E-state index contributed by atoms with van der Waals surface area (Å²) in [4.78, 5) is 16.4. The molecule has 0 aliphatic carbocycles. The van der Waals surface area contributed by atoms with Gasteiger partial charge in [0.15, 0.2) is 0 Å². The molecule has 212 valence electrons. The van der Waals surface area contributed by atoms with E-state index >= 15 is 0 Å². The van der Waals surface area contributed by atoms with E-state index in [2.05, 4.69) is 0 Å². The zero-order valence-electron chi connectivity index (χ0n) is 23.1. The smallest absolute Gasteiger partial charge is 0.271 e. The number of hydrogen-bond donors (Lipinski definition) is 1. The number of para-hydroxylation sites is 1. The number of aliphatic hydroxyl groups excluding tert-OH is 1. The summed E-state index contributed by atoms with van der Waals surface area (Å²) in [6.45, 7) is 4.24. The first-order valence-corrected chi connectivity index (χ1v) is 15.7. The number of aryl methyl sites for hydroxylation is 1. The number of nitrogens with zero attached hydrogens (tertiary/aromatic N) is 3. The average Bonchev–Trinajstić information content (AvgIpc) is 3.60. The molecule has 0 bridgehead atoms. The average molecular weight is 582 g/mol. The molecule has 3 atom stereocenters. The Morgan fingerprint density at radius 3 is 2.60 bits per heavy atom. The molecule has 3 heterocycles. The van der Waals surface area contributed by atoms with Crippen molar-refractivity contribution in [2.75, 3.05) is 26.7 Å². The van der Waals surface area contributed by atoms with E-state index in [1.165, 1.54) is 15.6 Å². The van der Waals surface area contributed by atoms with E-state index in [0.717, 1.165) is 27.6 Å². The van der Waals surface area contributed by atoms with Crippen molar-refractivity contribution in [3.05, 3.63) is 76.6 Å². The van der Waals surface area contributed by atoms with Gasteiger partial charge in [-0.1, -0.05) is 49.4 Å². The van der Waals surface area contributed by atoms with Crippen LogP contribution in [-0.4, -0.2) is 72.1 Å². The van der Waals surface area contributed by atoms with E-state index in [0.29, 0.717) is 5.69 Å². The van der Waals surface area contributed by atoms with E-state index in [9.17, 15) is 18.3 Å². The summed E-state index contributed by atoms with van der Waals surface area (Å²) in [6.07, 6.45) is -0.509. The van der Waals surface area contributed by atoms with Crippen LogP contribution >= 0.6 is 11.3 Å². The van der Waals surface area contributed by atoms with E-state index in [1.54, 1.807) is 28.8 Å². The van der Waals surface area contributed by atoms with Gasteiger partial charge in [0.1, 0.15) is 5.69 Å². The maximum atomic E-state index is 14.4. The molecule has 0 spiro atoms. The molecule has 1 N–H and O–H groups in total. The number of benzene rings is 2. The highest BCUT2D eigenvalue weighted by molar-refractivity contribution is 7.89. The molecule has 1 aliphatic heterocycles. The van der Waals surface area contributed by atoms with Gasteiger partial charge in [0.25, 0.3) is 5.91 Å². The van der Waals surface area contributed by atoms with Crippen molar-refractivity contribution in [2.45, 2.75) is 37.5 Å². The third kappa shape index (κ3) is 5.10. The van der Waals surface area contributed by atoms with Crippen LogP contribution in [0.25, 0.3) is 22.0 Å². The number of thiophene rings is 1. The second-order valence-electron chi connectivity index (χ2n) is 10.5. The topological polar surface area (TPSA) is 92.1 Å². The molecule has 1 aliphatic rings. The highest BCUT2D eigenvalue weighted by Gasteiger charge is 2.34. The molecule has 5 rings (SSSR count). The molecular formula is C30H35N3O5S2. The van der Waals surface area contributed by atoms with E-state index in [1.807, 2.05) is 74.0 Å². The highest BCUT2D eigenvalue weighted by atomic mass is 32.2. The zero-order chi connectivity index (χ0) is 28.6. The van der Waals surface area contributed by atoms with Crippen LogP contribution in [0.15, 0.2) is 70.3 Å². The Kier molecular flexibility index (Phi) is 8.17. The van der Waals surface area contributed by atoms with Gasteiger partial charge in [-0.15, -0.1) is 0 Å². The third-order valence-electron chi connectivity index (χ3n) is 7.87. The van der Waals surface area contributed by atoms with Crippen molar-refractivity contribution < 1.29 is 23.1 Å². The SMILES string of the molecule is C[C@H]1CN([C@@H](C)CO)C(=O)c2c(c3ccccc3n2C)-c2ccccc2CO[C@@H]1CN(C)S(=O)(=O)c1ccsc1. The van der Waals surface area contributed by atoms with Gasteiger partial charge in [0.05, 0.1) is 30.3 Å². The number of fused-ring (bicyclic) bond motifs is 5. The summed E-state index contributed by atoms with van der Waals surface area (Å²) in [5, 5.41) is 14.5.